The highest BCUT2D eigenvalue weighted by Gasteiger charge is 2.36. The molecule has 0 aliphatic carbocycles. The predicted octanol–water partition coefficient (Wildman–Crippen LogP) is 2.48. The van der Waals surface area contributed by atoms with Gasteiger partial charge in [-0.1, -0.05) is 6.07 Å². The van der Waals surface area contributed by atoms with Gasteiger partial charge in [-0.25, -0.2) is 13.1 Å². The van der Waals surface area contributed by atoms with Crippen molar-refractivity contribution >= 4 is 33.2 Å². The molecular weight excluding hydrogens is 466 g/mol. The van der Waals surface area contributed by atoms with Crippen LogP contribution in [0.4, 0.5) is 0 Å². The van der Waals surface area contributed by atoms with E-state index in [-0.39, 0.29) is 28.6 Å². The number of thiophene rings is 1. The van der Waals surface area contributed by atoms with Gasteiger partial charge in [0, 0.05) is 17.6 Å². The fourth-order valence-corrected chi connectivity index (χ4v) is 5.86. The summed E-state index contributed by atoms with van der Waals surface area (Å²) in [5.41, 5.74) is 1.26. The number of carbonyl (C=O) groups is 2. The number of nitrogens with one attached hydrogen (secondary N) is 1. The van der Waals surface area contributed by atoms with Crippen LogP contribution in [0.2, 0.25) is 0 Å². The summed E-state index contributed by atoms with van der Waals surface area (Å²) in [6, 6.07) is 11.6. The molecule has 172 valence electrons. The Morgan fingerprint density at radius 3 is 2.55 bits per heavy atom. The van der Waals surface area contributed by atoms with E-state index in [2.05, 4.69) is 9.71 Å². The van der Waals surface area contributed by atoms with Crippen molar-refractivity contribution in [2.45, 2.75) is 17.2 Å². The Balaban J connectivity index is 1.39. The van der Waals surface area contributed by atoms with Crippen LogP contribution < -0.4 is 14.2 Å². The van der Waals surface area contributed by atoms with Crippen LogP contribution in [0.3, 0.4) is 0 Å². The van der Waals surface area contributed by atoms with Crippen LogP contribution in [0.5, 0.6) is 11.5 Å². The minimum absolute atomic E-state index is 0.0140. The van der Waals surface area contributed by atoms with E-state index in [9.17, 15) is 18.0 Å². The van der Waals surface area contributed by atoms with Crippen molar-refractivity contribution < 1.29 is 27.5 Å². The lowest BCUT2D eigenvalue weighted by molar-refractivity contribution is 0.0642. The highest BCUT2D eigenvalue weighted by molar-refractivity contribution is 7.91. The molecule has 9 nitrogen and oxygen atoms in total. The third-order valence-electron chi connectivity index (χ3n) is 5.10. The Morgan fingerprint density at radius 1 is 1.03 bits per heavy atom. The molecular formula is C22H21N3O6S2. The lowest BCUT2D eigenvalue weighted by Gasteiger charge is -2.11. The summed E-state index contributed by atoms with van der Waals surface area (Å²) in [5.74, 6) is 0.251. The molecule has 1 aromatic carbocycles. The van der Waals surface area contributed by atoms with Crippen LogP contribution in [0.25, 0.3) is 0 Å². The number of amides is 2. The van der Waals surface area contributed by atoms with Gasteiger partial charge in [-0.05, 0) is 48.4 Å². The maximum Gasteiger partial charge on any atom is 0.280 e. The summed E-state index contributed by atoms with van der Waals surface area (Å²) in [7, 11) is -0.654. The molecule has 0 saturated heterocycles. The molecule has 1 aliphatic heterocycles. The molecule has 2 aromatic heterocycles. The van der Waals surface area contributed by atoms with Crippen LogP contribution in [0.1, 0.15) is 31.3 Å². The third-order valence-corrected chi connectivity index (χ3v) is 8.12. The zero-order valence-electron chi connectivity index (χ0n) is 17.9. The number of rotatable bonds is 9. The Hall–Kier alpha value is -3.28. The van der Waals surface area contributed by atoms with Crippen molar-refractivity contribution in [3.63, 3.8) is 0 Å². The average molecular weight is 488 g/mol. The van der Waals surface area contributed by atoms with Gasteiger partial charge in [0.25, 0.3) is 11.8 Å². The summed E-state index contributed by atoms with van der Waals surface area (Å²) in [6.07, 6.45) is 1.91. The van der Waals surface area contributed by atoms with Gasteiger partial charge in [0.15, 0.2) is 11.5 Å². The van der Waals surface area contributed by atoms with Crippen molar-refractivity contribution in [3.05, 3.63) is 70.4 Å². The number of ether oxygens (including phenoxy) is 2. The first-order chi connectivity index (χ1) is 15.8. The molecule has 0 radical (unpaired) electrons. The van der Waals surface area contributed by atoms with Gasteiger partial charge < -0.3 is 9.47 Å². The molecule has 2 amide bonds. The predicted molar refractivity (Wildman–Crippen MR) is 121 cm³/mol. The fraction of sp³-hybridized carbons (Fsp3) is 0.227. The number of hydrogen-bond donors (Lipinski definition) is 1. The van der Waals surface area contributed by atoms with Crippen molar-refractivity contribution in [2.75, 3.05) is 20.8 Å². The summed E-state index contributed by atoms with van der Waals surface area (Å²) in [4.78, 5) is 30.6. The number of methoxy groups -OCH3 is 2. The molecule has 3 heterocycles. The minimum Gasteiger partial charge on any atom is -0.493 e. The van der Waals surface area contributed by atoms with E-state index in [0.29, 0.717) is 22.8 Å². The monoisotopic (exact) mass is 487 g/mol. The maximum atomic E-state index is 12.7. The van der Waals surface area contributed by atoms with Gasteiger partial charge in [0.2, 0.25) is 10.0 Å². The summed E-state index contributed by atoms with van der Waals surface area (Å²) < 4.78 is 38.6. The molecule has 33 heavy (non-hydrogen) atoms. The maximum absolute atomic E-state index is 12.7. The number of nitrogens with zero attached hydrogens (tertiary/aromatic N) is 2. The highest BCUT2D eigenvalue weighted by Crippen LogP contribution is 2.29. The van der Waals surface area contributed by atoms with Gasteiger partial charge in [0.05, 0.1) is 26.3 Å². The Bertz CT molecular complexity index is 1280. The molecule has 0 spiro atoms. The van der Waals surface area contributed by atoms with E-state index in [1.807, 2.05) is 6.07 Å². The fourth-order valence-electron chi connectivity index (χ4n) is 3.44. The van der Waals surface area contributed by atoms with Crippen LogP contribution in [0, 0.1) is 0 Å². The second kappa shape index (κ2) is 9.30. The largest absolute Gasteiger partial charge is 0.493 e. The highest BCUT2D eigenvalue weighted by atomic mass is 32.2. The molecule has 0 atom stereocenters. The molecule has 0 saturated carbocycles. The van der Waals surface area contributed by atoms with Crippen molar-refractivity contribution in [3.8, 4) is 11.5 Å². The number of pyridine rings is 1. The second-order valence-electron chi connectivity index (χ2n) is 7.15. The SMILES string of the molecule is COc1ccc(CCNS(=O)(=O)c2ccc(CN3C(=O)c4cccnc4C3=O)s2)cc1OC. The molecule has 4 rings (SSSR count). The van der Waals surface area contributed by atoms with E-state index >= 15 is 0 Å². The van der Waals surface area contributed by atoms with Gasteiger partial charge in [-0.3, -0.25) is 19.5 Å². The molecule has 11 heteroatoms. The van der Waals surface area contributed by atoms with Gasteiger partial charge in [-0.2, -0.15) is 0 Å². The molecule has 0 bridgehead atoms. The molecule has 3 aromatic rings. The molecule has 0 unspecified atom stereocenters. The van der Waals surface area contributed by atoms with E-state index in [1.165, 1.54) is 19.4 Å². The Morgan fingerprint density at radius 2 is 1.82 bits per heavy atom. The van der Waals surface area contributed by atoms with Crippen molar-refractivity contribution in [1.29, 1.82) is 0 Å². The standard InChI is InChI=1S/C22H21N3O6S2/c1-30-17-7-5-14(12-18(17)31-2)9-11-24-33(28,29)19-8-6-15(32-19)13-25-21(26)16-4-3-10-23-20(16)22(25)27/h3-8,10,12,24H,9,11,13H2,1-2H3. The Kier molecular flexibility index (Phi) is 6.45. The normalized spacial score (nSPS) is 13.3. The number of imide groups is 1. The van der Waals surface area contributed by atoms with E-state index in [1.54, 1.807) is 37.4 Å². The van der Waals surface area contributed by atoms with E-state index in [0.717, 1.165) is 21.8 Å². The molecule has 1 N–H and O–H groups in total. The first kappa shape index (κ1) is 22.9. The first-order valence-corrected chi connectivity index (χ1v) is 12.2. The third kappa shape index (κ3) is 4.61. The lowest BCUT2D eigenvalue weighted by atomic mass is 10.1. The molecule has 0 fully saturated rings. The number of sulfonamides is 1. The smallest absolute Gasteiger partial charge is 0.280 e. The number of fused-ring (bicyclic) bond motifs is 1. The first-order valence-electron chi connectivity index (χ1n) is 9.94. The van der Waals surface area contributed by atoms with E-state index < -0.39 is 21.8 Å². The zero-order valence-corrected chi connectivity index (χ0v) is 19.5. The topological polar surface area (TPSA) is 115 Å². The van der Waals surface area contributed by atoms with Gasteiger partial charge in [0.1, 0.15) is 9.90 Å². The quantitative estimate of drug-likeness (QED) is 0.461. The molecule has 1 aliphatic rings. The number of benzene rings is 1. The number of carbonyl (C=O) groups excluding carboxylic acids is 2. The van der Waals surface area contributed by atoms with Gasteiger partial charge in [-0.15, -0.1) is 11.3 Å². The number of aromatic nitrogens is 1. The summed E-state index contributed by atoms with van der Waals surface area (Å²) >= 11 is 1.01. The van der Waals surface area contributed by atoms with Crippen molar-refractivity contribution in [2.24, 2.45) is 0 Å². The van der Waals surface area contributed by atoms with E-state index in [4.69, 9.17) is 9.47 Å². The van der Waals surface area contributed by atoms with Crippen LogP contribution >= 0.6 is 11.3 Å². The Labute approximate surface area is 195 Å². The minimum atomic E-state index is -3.74. The second-order valence-corrected chi connectivity index (χ2v) is 10.3. The summed E-state index contributed by atoms with van der Waals surface area (Å²) in [6.45, 7) is 0.176. The van der Waals surface area contributed by atoms with Crippen LogP contribution in [-0.4, -0.2) is 50.9 Å². The summed E-state index contributed by atoms with van der Waals surface area (Å²) in [5, 5.41) is 0. The average Bonchev–Trinajstić information content (AvgIpc) is 3.39. The van der Waals surface area contributed by atoms with Crippen molar-refractivity contribution in [1.82, 2.24) is 14.6 Å². The lowest BCUT2D eigenvalue weighted by Crippen LogP contribution is -2.28. The van der Waals surface area contributed by atoms with Crippen LogP contribution in [0.15, 0.2) is 52.9 Å². The van der Waals surface area contributed by atoms with Gasteiger partial charge >= 0.3 is 0 Å². The zero-order chi connectivity index (χ0) is 23.6. The number of hydrogen-bond acceptors (Lipinski definition) is 8. The van der Waals surface area contributed by atoms with Crippen LogP contribution in [-0.2, 0) is 23.0 Å².